The zero-order valence-electron chi connectivity index (χ0n) is 13.9. The van der Waals surface area contributed by atoms with Gasteiger partial charge in [-0.25, -0.2) is 0 Å². The minimum absolute atomic E-state index is 0.343. The summed E-state index contributed by atoms with van der Waals surface area (Å²) >= 11 is 0. The van der Waals surface area contributed by atoms with Gasteiger partial charge in [-0.1, -0.05) is 20.8 Å². The van der Waals surface area contributed by atoms with Gasteiger partial charge < -0.3 is 24.1 Å². The van der Waals surface area contributed by atoms with Crippen LogP contribution in [-0.4, -0.2) is 33.5 Å². The minimum Gasteiger partial charge on any atom is -0.496 e. The topological polar surface area (TPSA) is 57.2 Å². The van der Waals surface area contributed by atoms with Crippen LogP contribution in [-0.2, 0) is 9.47 Å². The molecule has 1 unspecified atom stereocenters. The van der Waals surface area contributed by atoms with E-state index in [4.69, 9.17) is 18.9 Å². The van der Waals surface area contributed by atoms with Crippen LogP contribution in [0.2, 0.25) is 0 Å². The number of hydrogen-bond donors (Lipinski definition) is 1. The second-order valence-corrected chi connectivity index (χ2v) is 5.91. The summed E-state index contributed by atoms with van der Waals surface area (Å²) < 4.78 is 21.4. The standard InChI is InChI=1S/C16H26O5/c1-16(2,3)14(17)13-11(18-4)8-10(9-12(13)19-5)15(20-6)21-7/h8-9,14-15,17H,1-7H3. The number of aliphatic hydroxyl groups is 1. The molecule has 21 heavy (non-hydrogen) atoms. The first kappa shape index (κ1) is 17.8. The van der Waals surface area contributed by atoms with Crippen molar-refractivity contribution in [3.63, 3.8) is 0 Å². The zero-order valence-corrected chi connectivity index (χ0v) is 13.9. The second kappa shape index (κ2) is 7.11. The van der Waals surface area contributed by atoms with Crippen molar-refractivity contribution in [3.05, 3.63) is 23.3 Å². The molecule has 0 aliphatic carbocycles. The van der Waals surface area contributed by atoms with Crippen molar-refractivity contribution in [2.45, 2.75) is 33.2 Å². The van der Waals surface area contributed by atoms with Crippen LogP contribution in [0.5, 0.6) is 11.5 Å². The molecule has 1 N–H and O–H groups in total. The van der Waals surface area contributed by atoms with E-state index in [0.717, 1.165) is 5.56 Å². The smallest absolute Gasteiger partial charge is 0.183 e. The average molecular weight is 298 g/mol. The second-order valence-electron chi connectivity index (χ2n) is 5.91. The summed E-state index contributed by atoms with van der Waals surface area (Å²) in [5, 5.41) is 10.6. The van der Waals surface area contributed by atoms with Gasteiger partial charge in [-0.15, -0.1) is 0 Å². The monoisotopic (exact) mass is 298 g/mol. The van der Waals surface area contributed by atoms with Crippen molar-refractivity contribution < 1.29 is 24.1 Å². The van der Waals surface area contributed by atoms with Crippen LogP contribution < -0.4 is 9.47 Å². The number of hydrogen-bond acceptors (Lipinski definition) is 5. The third-order valence-corrected chi connectivity index (χ3v) is 3.36. The van der Waals surface area contributed by atoms with Crippen molar-refractivity contribution >= 4 is 0 Å². The van der Waals surface area contributed by atoms with E-state index in [9.17, 15) is 5.11 Å². The Labute approximate surface area is 126 Å². The van der Waals surface area contributed by atoms with E-state index in [0.29, 0.717) is 17.1 Å². The van der Waals surface area contributed by atoms with Gasteiger partial charge in [0.1, 0.15) is 11.5 Å². The summed E-state index contributed by atoms with van der Waals surface area (Å²) in [4.78, 5) is 0. The molecule has 0 fully saturated rings. The van der Waals surface area contributed by atoms with E-state index in [1.165, 1.54) is 0 Å². The van der Waals surface area contributed by atoms with Gasteiger partial charge in [0.25, 0.3) is 0 Å². The Bertz CT molecular complexity index is 435. The van der Waals surface area contributed by atoms with E-state index in [-0.39, 0.29) is 5.41 Å². The first-order valence-corrected chi connectivity index (χ1v) is 6.79. The Balaban J connectivity index is 3.44. The van der Waals surface area contributed by atoms with E-state index in [2.05, 4.69) is 0 Å². The lowest BCUT2D eigenvalue weighted by atomic mass is 9.83. The zero-order chi connectivity index (χ0) is 16.2. The van der Waals surface area contributed by atoms with Crippen LogP contribution >= 0.6 is 0 Å². The molecular weight excluding hydrogens is 272 g/mol. The van der Waals surface area contributed by atoms with Gasteiger partial charge in [0.15, 0.2) is 6.29 Å². The lowest BCUT2D eigenvalue weighted by Gasteiger charge is -2.29. The van der Waals surface area contributed by atoms with Crippen molar-refractivity contribution in [1.29, 1.82) is 0 Å². The van der Waals surface area contributed by atoms with E-state index < -0.39 is 12.4 Å². The highest BCUT2D eigenvalue weighted by Crippen LogP contribution is 2.44. The van der Waals surface area contributed by atoms with Gasteiger partial charge in [-0.3, -0.25) is 0 Å². The van der Waals surface area contributed by atoms with Crippen molar-refractivity contribution in [2.75, 3.05) is 28.4 Å². The van der Waals surface area contributed by atoms with Crippen LogP contribution in [0.15, 0.2) is 12.1 Å². The molecule has 0 bridgehead atoms. The molecule has 1 atom stereocenters. The quantitative estimate of drug-likeness (QED) is 0.818. The molecular formula is C16H26O5. The first-order valence-electron chi connectivity index (χ1n) is 6.79. The van der Waals surface area contributed by atoms with E-state index in [1.807, 2.05) is 20.8 Å². The highest BCUT2D eigenvalue weighted by molar-refractivity contribution is 5.50. The Morgan fingerprint density at radius 1 is 0.905 bits per heavy atom. The van der Waals surface area contributed by atoms with Crippen LogP contribution in [0.4, 0.5) is 0 Å². The fourth-order valence-corrected chi connectivity index (χ4v) is 2.17. The molecule has 5 nitrogen and oxygen atoms in total. The third kappa shape index (κ3) is 3.87. The number of rotatable bonds is 6. The lowest BCUT2D eigenvalue weighted by Crippen LogP contribution is -2.19. The summed E-state index contributed by atoms with van der Waals surface area (Å²) in [6, 6.07) is 3.59. The first-order chi connectivity index (χ1) is 9.79. The molecule has 1 aromatic rings. The maximum absolute atomic E-state index is 10.6. The summed E-state index contributed by atoms with van der Waals surface area (Å²) in [5.41, 5.74) is 1.05. The molecule has 5 heteroatoms. The van der Waals surface area contributed by atoms with Gasteiger partial charge in [0.2, 0.25) is 0 Å². The Morgan fingerprint density at radius 2 is 1.33 bits per heavy atom. The summed E-state index contributed by atoms with van der Waals surface area (Å²) in [7, 11) is 6.24. The van der Waals surface area contributed by atoms with Gasteiger partial charge in [0.05, 0.1) is 25.9 Å². The molecule has 0 saturated heterocycles. The predicted molar refractivity (Wildman–Crippen MR) is 80.7 cm³/mol. The maximum atomic E-state index is 10.6. The number of ether oxygens (including phenoxy) is 4. The molecule has 0 amide bonds. The Kier molecular flexibility index (Phi) is 6.01. The average Bonchev–Trinajstić information content (AvgIpc) is 2.45. The van der Waals surface area contributed by atoms with E-state index in [1.54, 1.807) is 40.6 Å². The van der Waals surface area contributed by atoms with E-state index >= 15 is 0 Å². The van der Waals surface area contributed by atoms with Gasteiger partial charge >= 0.3 is 0 Å². The van der Waals surface area contributed by atoms with Crippen LogP contribution in [0.1, 0.15) is 44.3 Å². The lowest BCUT2D eigenvalue weighted by molar-refractivity contribution is -0.106. The molecule has 1 aromatic carbocycles. The van der Waals surface area contributed by atoms with Crippen LogP contribution in [0.25, 0.3) is 0 Å². The SMILES string of the molecule is COc1cc(C(OC)OC)cc(OC)c1C(O)C(C)(C)C. The van der Waals surface area contributed by atoms with Crippen LogP contribution in [0.3, 0.4) is 0 Å². The normalized spacial score (nSPS) is 13.4. The highest BCUT2D eigenvalue weighted by Gasteiger charge is 2.30. The van der Waals surface area contributed by atoms with Crippen molar-refractivity contribution in [1.82, 2.24) is 0 Å². The molecule has 0 spiro atoms. The Hall–Kier alpha value is -1.30. The summed E-state index contributed by atoms with van der Waals surface area (Å²) in [5.74, 6) is 1.09. The Morgan fingerprint density at radius 3 is 1.62 bits per heavy atom. The van der Waals surface area contributed by atoms with Gasteiger partial charge in [0, 0.05) is 19.8 Å². The highest BCUT2D eigenvalue weighted by atomic mass is 16.7. The van der Waals surface area contributed by atoms with Crippen molar-refractivity contribution in [2.24, 2.45) is 5.41 Å². The molecule has 0 aliphatic rings. The van der Waals surface area contributed by atoms with Gasteiger partial charge in [-0.2, -0.15) is 0 Å². The molecule has 0 aliphatic heterocycles. The number of methoxy groups -OCH3 is 4. The predicted octanol–water partition coefficient (Wildman–Crippen LogP) is 3.07. The molecule has 120 valence electrons. The summed E-state index contributed by atoms with van der Waals surface area (Å²) in [6.07, 6.45) is -1.24. The maximum Gasteiger partial charge on any atom is 0.183 e. The van der Waals surface area contributed by atoms with Gasteiger partial charge in [-0.05, 0) is 17.5 Å². The molecule has 0 aromatic heterocycles. The number of benzene rings is 1. The number of aliphatic hydroxyl groups excluding tert-OH is 1. The molecule has 0 heterocycles. The third-order valence-electron chi connectivity index (χ3n) is 3.36. The minimum atomic E-state index is -0.722. The molecule has 1 rings (SSSR count). The van der Waals surface area contributed by atoms with Crippen LogP contribution in [0, 0.1) is 5.41 Å². The van der Waals surface area contributed by atoms with Crippen molar-refractivity contribution in [3.8, 4) is 11.5 Å². The summed E-state index contributed by atoms with van der Waals surface area (Å²) in [6.45, 7) is 5.87. The largest absolute Gasteiger partial charge is 0.496 e. The molecule has 0 saturated carbocycles. The molecule has 0 radical (unpaired) electrons. The fourth-order valence-electron chi connectivity index (χ4n) is 2.17. The fraction of sp³-hybridized carbons (Fsp3) is 0.625.